The number of rotatable bonds is 4. The highest BCUT2D eigenvalue weighted by atomic mass is 16.1. The Hall–Kier alpha value is -3.28. The molecule has 6 heteroatoms. The summed E-state index contributed by atoms with van der Waals surface area (Å²) in [4.78, 5) is 21.6. The number of aromatic amines is 1. The topological polar surface area (TPSA) is 76.5 Å². The van der Waals surface area contributed by atoms with Gasteiger partial charge in [-0.3, -0.25) is 14.5 Å². The molecule has 1 atom stereocenters. The van der Waals surface area contributed by atoms with Gasteiger partial charge in [0.25, 0.3) is 5.56 Å². The molecule has 1 N–H and O–H groups in total. The van der Waals surface area contributed by atoms with Crippen LogP contribution in [0.5, 0.6) is 0 Å². The Morgan fingerprint density at radius 2 is 1.84 bits per heavy atom. The van der Waals surface area contributed by atoms with Crippen LogP contribution in [0, 0.1) is 0 Å². The molecule has 2 heterocycles. The molecule has 4 rings (SSSR count). The van der Waals surface area contributed by atoms with E-state index in [1.54, 1.807) is 17.0 Å². The van der Waals surface area contributed by atoms with Crippen LogP contribution < -0.4 is 5.56 Å². The average molecular weight is 331 g/mol. The zero-order valence-corrected chi connectivity index (χ0v) is 13.8. The number of aromatic nitrogens is 5. The van der Waals surface area contributed by atoms with E-state index in [2.05, 4.69) is 20.2 Å². The van der Waals surface area contributed by atoms with Crippen LogP contribution >= 0.6 is 0 Å². The smallest absolute Gasteiger partial charge is 0.261 e. The van der Waals surface area contributed by atoms with Gasteiger partial charge < -0.3 is 0 Å². The number of nitrogens with zero attached hydrogens (tertiary/aromatic N) is 4. The van der Waals surface area contributed by atoms with Gasteiger partial charge in [-0.05, 0) is 24.6 Å². The minimum Gasteiger partial charge on any atom is -0.288 e. The van der Waals surface area contributed by atoms with Gasteiger partial charge >= 0.3 is 0 Å². The normalized spacial score (nSPS) is 12.4. The lowest BCUT2D eigenvalue weighted by atomic mass is 10.1. The third-order valence-electron chi connectivity index (χ3n) is 4.24. The lowest BCUT2D eigenvalue weighted by Gasteiger charge is -2.11. The van der Waals surface area contributed by atoms with Crippen molar-refractivity contribution in [3.63, 3.8) is 0 Å². The van der Waals surface area contributed by atoms with E-state index in [0.717, 1.165) is 11.4 Å². The minimum absolute atomic E-state index is 0.0903. The van der Waals surface area contributed by atoms with Gasteiger partial charge in [-0.1, -0.05) is 42.5 Å². The first-order valence-corrected chi connectivity index (χ1v) is 8.13. The summed E-state index contributed by atoms with van der Waals surface area (Å²) in [7, 11) is 0. The van der Waals surface area contributed by atoms with Gasteiger partial charge in [-0.2, -0.15) is 5.10 Å². The number of hydrogen-bond acceptors (Lipinski definition) is 4. The third-order valence-corrected chi connectivity index (χ3v) is 4.24. The summed E-state index contributed by atoms with van der Waals surface area (Å²) in [6, 6.07) is 17.1. The molecule has 1 unspecified atom stereocenters. The summed E-state index contributed by atoms with van der Waals surface area (Å²) in [5.74, 6) is 1.35. The Bertz CT molecular complexity index is 1070. The Kier molecular flexibility index (Phi) is 3.85. The van der Waals surface area contributed by atoms with Gasteiger partial charge in [0.2, 0.25) is 0 Å². The highest BCUT2D eigenvalue weighted by Gasteiger charge is 2.16. The van der Waals surface area contributed by atoms with Gasteiger partial charge in [0.05, 0.1) is 23.3 Å². The van der Waals surface area contributed by atoms with Gasteiger partial charge in [-0.15, -0.1) is 0 Å². The van der Waals surface area contributed by atoms with Crippen molar-refractivity contribution in [3.8, 4) is 0 Å². The minimum atomic E-state index is -0.301. The summed E-state index contributed by atoms with van der Waals surface area (Å²) >= 11 is 0. The van der Waals surface area contributed by atoms with Crippen molar-refractivity contribution >= 4 is 10.9 Å². The molecule has 0 amide bonds. The Balaban J connectivity index is 1.64. The SMILES string of the molecule is CC(c1n[nH]c(Cc2ccccc2)n1)n1cnc2ccccc2c1=O. The van der Waals surface area contributed by atoms with E-state index in [4.69, 9.17) is 0 Å². The molecule has 25 heavy (non-hydrogen) atoms. The molecule has 0 radical (unpaired) electrons. The molecule has 0 aliphatic rings. The van der Waals surface area contributed by atoms with Crippen LogP contribution in [0.25, 0.3) is 10.9 Å². The van der Waals surface area contributed by atoms with Crippen LogP contribution in [0.1, 0.15) is 30.2 Å². The van der Waals surface area contributed by atoms with Crippen molar-refractivity contribution < 1.29 is 0 Å². The van der Waals surface area contributed by atoms with Crippen molar-refractivity contribution in [2.45, 2.75) is 19.4 Å². The molecule has 4 aromatic rings. The van der Waals surface area contributed by atoms with Crippen LogP contribution in [0.3, 0.4) is 0 Å². The number of benzene rings is 2. The van der Waals surface area contributed by atoms with E-state index < -0.39 is 0 Å². The summed E-state index contributed by atoms with van der Waals surface area (Å²) in [5.41, 5.74) is 1.76. The van der Waals surface area contributed by atoms with Gasteiger partial charge in [0.15, 0.2) is 5.82 Å². The fraction of sp³-hybridized carbons (Fsp3) is 0.158. The summed E-state index contributed by atoms with van der Waals surface area (Å²) in [5, 5.41) is 7.85. The van der Waals surface area contributed by atoms with Crippen molar-refractivity contribution in [2.75, 3.05) is 0 Å². The van der Waals surface area contributed by atoms with Crippen LogP contribution in [-0.4, -0.2) is 24.7 Å². The highest BCUT2D eigenvalue weighted by Crippen LogP contribution is 2.14. The van der Waals surface area contributed by atoms with Crippen molar-refractivity contribution in [1.29, 1.82) is 0 Å². The van der Waals surface area contributed by atoms with Crippen LogP contribution in [-0.2, 0) is 6.42 Å². The monoisotopic (exact) mass is 331 g/mol. The number of nitrogens with one attached hydrogen (secondary N) is 1. The van der Waals surface area contributed by atoms with Gasteiger partial charge in [0, 0.05) is 6.42 Å². The molecule has 0 saturated heterocycles. The maximum absolute atomic E-state index is 12.7. The second-order valence-corrected chi connectivity index (χ2v) is 5.95. The second-order valence-electron chi connectivity index (χ2n) is 5.95. The van der Waals surface area contributed by atoms with Gasteiger partial charge in [-0.25, -0.2) is 9.97 Å². The largest absolute Gasteiger partial charge is 0.288 e. The predicted molar refractivity (Wildman–Crippen MR) is 95.4 cm³/mol. The fourth-order valence-corrected chi connectivity index (χ4v) is 2.85. The van der Waals surface area contributed by atoms with E-state index in [-0.39, 0.29) is 11.6 Å². The molecule has 2 aromatic carbocycles. The number of para-hydroxylation sites is 1. The Morgan fingerprint density at radius 1 is 1.08 bits per heavy atom. The number of fused-ring (bicyclic) bond motifs is 1. The average Bonchev–Trinajstić information content (AvgIpc) is 3.11. The van der Waals surface area contributed by atoms with Crippen LogP contribution in [0.4, 0.5) is 0 Å². The first kappa shape index (κ1) is 15.3. The van der Waals surface area contributed by atoms with Crippen molar-refractivity contribution in [1.82, 2.24) is 24.7 Å². The summed E-state index contributed by atoms with van der Waals surface area (Å²) in [6.07, 6.45) is 2.23. The molecule has 2 aromatic heterocycles. The first-order chi connectivity index (χ1) is 12.2. The molecular formula is C19H17N5O. The van der Waals surface area contributed by atoms with E-state index >= 15 is 0 Å². The quantitative estimate of drug-likeness (QED) is 0.624. The van der Waals surface area contributed by atoms with E-state index in [1.807, 2.05) is 55.5 Å². The summed E-state index contributed by atoms with van der Waals surface area (Å²) in [6.45, 7) is 1.90. The second kappa shape index (κ2) is 6.32. The lowest BCUT2D eigenvalue weighted by molar-refractivity contribution is 0.576. The Morgan fingerprint density at radius 3 is 2.68 bits per heavy atom. The molecule has 0 aliphatic heterocycles. The third kappa shape index (κ3) is 2.94. The van der Waals surface area contributed by atoms with Crippen LogP contribution in [0.2, 0.25) is 0 Å². The highest BCUT2D eigenvalue weighted by molar-refractivity contribution is 5.76. The van der Waals surface area contributed by atoms with E-state index in [0.29, 0.717) is 23.1 Å². The summed E-state index contributed by atoms with van der Waals surface area (Å²) < 4.78 is 1.57. The fourth-order valence-electron chi connectivity index (χ4n) is 2.85. The zero-order chi connectivity index (χ0) is 17.2. The van der Waals surface area contributed by atoms with E-state index in [9.17, 15) is 4.79 Å². The molecule has 0 bridgehead atoms. The molecule has 0 aliphatic carbocycles. The maximum atomic E-state index is 12.7. The first-order valence-electron chi connectivity index (χ1n) is 8.13. The molecule has 0 spiro atoms. The van der Waals surface area contributed by atoms with Crippen molar-refractivity contribution in [3.05, 3.63) is 88.5 Å². The van der Waals surface area contributed by atoms with Gasteiger partial charge in [0.1, 0.15) is 5.82 Å². The molecule has 0 fully saturated rings. The van der Waals surface area contributed by atoms with Crippen molar-refractivity contribution in [2.24, 2.45) is 0 Å². The van der Waals surface area contributed by atoms with Crippen LogP contribution in [0.15, 0.2) is 65.7 Å². The number of hydrogen-bond donors (Lipinski definition) is 1. The standard InChI is InChI=1S/C19H17N5O/c1-13(24-12-20-16-10-6-5-9-15(16)19(24)25)18-21-17(22-23-18)11-14-7-3-2-4-8-14/h2-10,12-13H,11H2,1H3,(H,21,22,23). The molecule has 0 saturated carbocycles. The van der Waals surface area contributed by atoms with E-state index in [1.165, 1.54) is 0 Å². The molecule has 6 nitrogen and oxygen atoms in total. The maximum Gasteiger partial charge on any atom is 0.261 e. The number of H-pyrrole nitrogens is 1. The molecule has 124 valence electrons. The molecular weight excluding hydrogens is 314 g/mol. The zero-order valence-electron chi connectivity index (χ0n) is 13.8. The Labute approximate surface area is 144 Å². The lowest BCUT2D eigenvalue weighted by Crippen LogP contribution is -2.25. The predicted octanol–water partition coefficient (Wildman–Crippen LogP) is 2.71.